The molecule has 0 aliphatic rings. The van der Waals surface area contributed by atoms with Crippen LogP contribution in [0.4, 0.5) is 0 Å². The number of aromatic carboxylic acids is 1. The molecule has 148 valence electrons. The van der Waals surface area contributed by atoms with E-state index in [0.29, 0.717) is 30.0 Å². The number of carbonyl (C=O) groups excluding carboxylic acids is 2. The minimum atomic E-state index is -0.997. The Balaban J connectivity index is 1.80. The predicted molar refractivity (Wildman–Crippen MR) is 102 cm³/mol. The highest BCUT2D eigenvalue weighted by atomic mass is 16.5. The number of amides is 2. The Morgan fingerprint density at radius 3 is 2.36 bits per heavy atom. The molecule has 0 heterocycles. The summed E-state index contributed by atoms with van der Waals surface area (Å²) in [5, 5.41) is 14.2. The lowest BCUT2D eigenvalue weighted by atomic mass is 10.1. The number of nitrogens with one attached hydrogen (secondary N) is 2. The van der Waals surface area contributed by atoms with Crippen molar-refractivity contribution in [1.82, 2.24) is 10.6 Å². The molecular weight excluding hydrogens is 364 g/mol. The number of rotatable bonds is 9. The minimum absolute atomic E-state index is 0.178. The fourth-order valence-electron chi connectivity index (χ4n) is 2.51. The van der Waals surface area contributed by atoms with Gasteiger partial charge in [0.1, 0.15) is 0 Å². The molecule has 0 aromatic heterocycles. The van der Waals surface area contributed by atoms with Gasteiger partial charge in [-0.05, 0) is 42.3 Å². The largest absolute Gasteiger partial charge is 0.493 e. The normalized spacial score (nSPS) is 10.1. The molecule has 8 heteroatoms. The lowest BCUT2D eigenvalue weighted by Gasteiger charge is -2.10. The van der Waals surface area contributed by atoms with Crippen molar-refractivity contribution < 1.29 is 29.0 Å². The minimum Gasteiger partial charge on any atom is -0.493 e. The van der Waals surface area contributed by atoms with E-state index in [1.54, 1.807) is 30.3 Å². The molecule has 0 bridgehead atoms. The Bertz CT molecular complexity index is 866. The maximum absolute atomic E-state index is 12.2. The number of hydrogen-bond donors (Lipinski definition) is 3. The van der Waals surface area contributed by atoms with Gasteiger partial charge in [-0.2, -0.15) is 0 Å². The number of methoxy groups -OCH3 is 2. The van der Waals surface area contributed by atoms with Crippen molar-refractivity contribution in [2.24, 2.45) is 0 Å². The molecule has 0 atom stereocenters. The third-order valence-electron chi connectivity index (χ3n) is 3.97. The van der Waals surface area contributed by atoms with Gasteiger partial charge in [-0.25, -0.2) is 4.79 Å². The highest BCUT2D eigenvalue weighted by Crippen LogP contribution is 2.27. The second kappa shape index (κ2) is 9.96. The summed E-state index contributed by atoms with van der Waals surface area (Å²) in [4.78, 5) is 35.0. The van der Waals surface area contributed by atoms with Crippen LogP contribution >= 0.6 is 0 Å². The van der Waals surface area contributed by atoms with Crippen LogP contribution in [0.25, 0.3) is 0 Å². The zero-order valence-electron chi connectivity index (χ0n) is 15.7. The average molecular weight is 386 g/mol. The molecule has 0 spiro atoms. The van der Waals surface area contributed by atoms with Gasteiger partial charge >= 0.3 is 5.97 Å². The molecule has 2 rings (SSSR count). The lowest BCUT2D eigenvalue weighted by molar-refractivity contribution is -0.120. The third-order valence-corrected chi connectivity index (χ3v) is 3.97. The van der Waals surface area contributed by atoms with E-state index in [0.717, 1.165) is 5.56 Å². The van der Waals surface area contributed by atoms with Crippen molar-refractivity contribution in [3.8, 4) is 11.5 Å². The Morgan fingerprint density at radius 1 is 0.929 bits per heavy atom. The molecule has 2 amide bonds. The Labute approximate surface area is 162 Å². The van der Waals surface area contributed by atoms with E-state index in [9.17, 15) is 14.4 Å². The van der Waals surface area contributed by atoms with Crippen LogP contribution in [0.5, 0.6) is 11.5 Å². The summed E-state index contributed by atoms with van der Waals surface area (Å²) in [7, 11) is 2.97. The number of carboxylic acids is 1. The van der Waals surface area contributed by atoms with E-state index < -0.39 is 11.9 Å². The van der Waals surface area contributed by atoms with E-state index in [1.807, 2.05) is 0 Å². The first-order chi connectivity index (χ1) is 13.4. The van der Waals surface area contributed by atoms with Crippen LogP contribution < -0.4 is 20.1 Å². The van der Waals surface area contributed by atoms with Crippen molar-refractivity contribution >= 4 is 17.8 Å². The summed E-state index contributed by atoms with van der Waals surface area (Å²) in [6.07, 6.45) is 0.483. The summed E-state index contributed by atoms with van der Waals surface area (Å²) >= 11 is 0. The van der Waals surface area contributed by atoms with Crippen molar-refractivity contribution in [3.63, 3.8) is 0 Å². The van der Waals surface area contributed by atoms with Crippen LogP contribution in [0.15, 0.2) is 42.5 Å². The van der Waals surface area contributed by atoms with Crippen LogP contribution in [-0.2, 0) is 11.2 Å². The van der Waals surface area contributed by atoms with Crippen molar-refractivity contribution in [2.75, 3.05) is 27.3 Å². The first kappa shape index (κ1) is 20.8. The number of benzene rings is 2. The van der Waals surface area contributed by atoms with Gasteiger partial charge in [0.05, 0.1) is 26.3 Å². The molecule has 0 fully saturated rings. The number of carboxylic acid groups (broad SMARTS) is 1. The lowest BCUT2D eigenvalue weighted by Crippen LogP contribution is -2.37. The predicted octanol–water partition coefficient (Wildman–Crippen LogP) is 1.49. The van der Waals surface area contributed by atoms with Gasteiger partial charge in [0.15, 0.2) is 11.5 Å². The molecule has 0 aliphatic carbocycles. The van der Waals surface area contributed by atoms with Crippen molar-refractivity contribution in [1.29, 1.82) is 0 Å². The molecule has 3 N–H and O–H groups in total. The molecule has 0 unspecified atom stereocenters. The van der Waals surface area contributed by atoms with Crippen molar-refractivity contribution in [2.45, 2.75) is 6.42 Å². The molecule has 2 aromatic rings. The zero-order chi connectivity index (χ0) is 20.5. The van der Waals surface area contributed by atoms with Gasteiger partial charge < -0.3 is 25.2 Å². The fourth-order valence-corrected chi connectivity index (χ4v) is 2.51. The first-order valence-corrected chi connectivity index (χ1v) is 8.53. The van der Waals surface area contributed by atoms with Gasteiger partial charge in [-0.1, -0.05) is 12.1 Å². The maximum atomic E-state index is 12.2. The van der Waals surface area contributed by atoms with Gasteiger partial charge in [0, 0.05) is 12.1 Å². The average Bonchev–Trinajstić information content (AvgIpc) is 2.71. The van der Waals surface area contributed by atoms with Gasteiger partial charge in [-0.15, -0.1) is 0 Å². The molecule has 0 radical (unpaired) electrons. The van der Waals surface area contributed by atoms with E-state index in [4.69, 9.17) is 14.6 Å². The maximum Gasteiger partial charge on any atom is 0.335 e. The smallest absolute Gasteiger partial charge is 0.335 e. The molecule has 8 nitrogen and oxygen atoms in total. The summed E-state index contributed by atoms with van der Waals surface area (Å²) in [6.45, 7) is 0.149. The van der Waals surface area contributed by atoms with Crippen LogP contribution in [0, 0.1) is 0 Å². The summed E-state index contributed by atoms with van der Waals surface area (Å²) in [5.41, 5.74) is 1.34. The molecular formula is C20H22N2O6. The molecule has 28 heavy (non-hydrogen) atoms. The standard InChI is InChI=1S/C20H22N2O6/c1-27-16-7-6-14(11-17(16)28-2)19(24)22-12-18(23)21-9-8-13-4-3-5-15(10-13)20(25)26/h3-7,10-11H,8-9,12H2,1-2H3,(H,21,23)(H,22,24)(H,25,26). The van der Waals surface area contributed by atoms with Crippen LogP contribution in [0.2, 0.25) is 0 Å². The fraction of sp³-hybridized carbons (Fsp3) is 0.250. The first-order valence-electron chi connectivity index (χ1n) is 8.53. The molecule has 0 saturated heterocycles. The second-order valence-corrected chi connectivity index (χ2v) is 5.86. The second-order valence-electron chi connectivity index (χ2n) is 5.86. The van der Waals surface area contributed by atoms with Gasteiger partial charge in [0.25, 0.3) is 5.91 Å². The Kier molecular flexibility index (Phi) is 7.38. The van der Waals surface area contributed by atoms with E-state index in [1.165, 1.54) is 26.4 Å². The third kappa shape index (κ3) is 5.73. The molecule has 0 saturated carbocycles. The van der Waals surface area contributed by atoms with E-state index >= 15 is 0 Å². The summed E-state index contributed by atoms with van der Waals surface area (Å²) < 4.78 is 10.3. The SMILES string of the molecule is COc1ccc(C(=O)NCC(=O)NCCc2cccc(C(=O)O)c2)cc1OC. The summed E-state index contributed by atoms with van der Waals surface area (Å²) in [5.74, 6) is -0.829. The van der Waals surface area contributed by atoms with Gasteiger partial charge in [0.2, 0.25) is 5.91 Å². The summed E-state index contributed by atoms with van der Waals surface area (Å²) in [6, 6.07) is 11.2. The van der Waals surface area contributed by atoms with E-state index in [2.05, 4.69) is 10.6 Å². The topological polar surface area (TPSA) is 114 Å². The van der Waals surface area contributed by atoms with Crippen LogP contribution in [0.1, 0.15) is 26.3 Å². The molecule has 2 aromatic carbocycles. The van der Waals surface area contributed by atoms with Gasteiger partial charge in [-0.3, -0.25) is 9.59 Å². The Hall–Kier alpha value is -3.55. The van der Waals surface area contributed by atoms with Crippen LogP contribution in [0.3, 0.4) is 0 Å². The zero-order valence-corrected chi connectivity index (χ0v) is 15.7. The number of carbonyl (C=O) groups is 3. The molecule has 0 aliphatic heterocycles. The highest BCUT2D eigenvalue weighted by molar-refractivity contribution is 5.97. The number of hydrogen-bond acceptors (Lipinski definition) is 5. The monoisotopic (exact) mass is 386 g/mol. The highest BCUT2D eigenvalue weighted by Gasteiger charge is 2.12. The van der Waals surface area contributed by atoms with E-state index in [-0.39, 0.29) is 18.0 Å². The number of ether oxygens (including phenoxy) is 2. The van der Waals surface area contributed by atoms with Crippen LogP contribution in [-0.4, -0.2) is 50.2 Å². The van der Waals surface area contributed by atoms with Crippen molar-refractivity contribution in [3.05, 3.63) is 59.2 Å². The Morgan fingerprint density at radius 2 is 1.68 bits per heavy atom. The quantitative estimate of drug-likeness (QED) is 0.602.